The Kier molecular flexibility index (Phi) is 6.60. The van der Waals surface area contributed by atoms with Gasteiger partial charge < -0.3 is 10.6 Å². The molecule has 128 valence electrons. The third kappa shape index (κ3) is 4.47. The van der Waals surface area contributed by atoms with E-state index < -0.39 is 0 Å². The van der Waals surface area contributed by atoms with Crippen LogP contribution in [-0.4, -0.2) is 12.5 Å². The van der Waals surface area contributed by atoms with E-state index in [0.717, 1.165) is 17.7 Å². The first kappa shape index (κ1) is 18.7. The average Bonchev–Trinajstić information content (AvgIpc) is 2.57. The number of benzene rings is 2. The molecule has 2 aromatic carbocycles. The van der Waals surface area contributed by atoms with Crippen LogP contribution in [0.2, 0.25) is 5.02 Å². The zero-order valence-corrected chi connectivity index (χ0v) is 14.6. The van der Waals surface area contributed by atoms with E-state index >= 15 is 0 Å². The Labute approximate surface area is 152 Å². The van der Waals surface area contributed by atoms with E-state index in [9.17, 15) is 9.18 Å². The lowest BCUT2D eigenvalue weighted by Gasteiger charge is -2.19. The van der Waals surface area contributed by atoms with Crippen LogP contribution in [0, 0.1) is 5.82 Å². The van der Waals surface area contributed by atoms with Crippen molar-refractivity contribution in [2.75, 3.05) is 11.9 Å². The number of hydrogen-bond donors (Lipinski definition) is 2. The summed E-state index contributed by atoms with van der Waals surface area (Å²) in [4.78, 5) is 12.1. The lowest BCUT2D eigenvalue weighted by atomic mass is 9.99. The number of nitrogens with one attached hydrogen (secondary N) is 2. The summed E-state index contributed by atoms with van der Waals surface area (Å²) in [5, 5.41) is 6.56. The zero-order chi connectivity index (χ0) is 16.2. The van der Waals surface area contributed by atoms with Gasteiger partial charge in [0.2, 0.25) is 5.91 Å². The smallest absolute Gasteiger partial charge is 0.224 e. The van der Waals surface area contributed by atoms with Crippen LogP contribution in [0.25, 0.3) is 0 Å². The molecular weight excluding hydrogens is 350 g/mol. The molecule has 1 aliphatic heterocycles. The summed E-state index contributed by atoms with van der Waals surface area (Å²) in [6, 6.07) is 10.9. The number of aryl methyl sites for hydroxylation is 1. The van der Waals surface area contributed by atoms with Crippen LogP contribution in [0.4, 0.5) is 10.1 Å². The lowest BCUT2D eigenvalue weighted by molar-refractivity contribution is -0.116. The van der Waals surface area contributed by atoms with E-state index in [1.807, 2.05) is 18.2 Å². The molecule has 6 heteroatoms. The molecule has 2 aromatic rings. The molecule has 3 nitrogen and oxygen atoms in total. The molecule has 0 spiro atoms. The Hall–Kier alpha value is -1.62. The van der Waals surface area contributed by atoms with Crippen LogP contribution in [-0.2, 0) is 24.2 Å². The molecule has 3 rings (SSSR count). The van der Waals surface area contributed by atoms with Gasteiger partial charge in [0.1, 0.15) is 5.82 Å². The topological polar surface area (TPSA) is 41.1 Å². The Morgan fingerprint density at radius 3 is 2.71 bits per heavy atom. The second-order valence-corrected chi connectivity index (χ2v) is 6.10. The minimum atomic E-state index is -0.302. The Bertz CT molecular complexity index is 720. The maximum atomic E-state index is 14.5. The fourth-order valence-electron chi connectivity index (χ4n) is 2.75. The second-order valence-electron chi connectivity index (χ2n) is 5.67. The van der Waals surface area contributed by atoms with Gasteiger partial charge >= 0.3 is 0 Å². The maximum absolute atomic E-state index is 14.5. The van der Waals surface area contributed by atoms with Crippen molar-refractivity contribution in [2.45, 2.75) is 25.8 Å². The van der Waals surface area contributed by atoms with Crippen LogP contribution in [0.5, 0.6) is 0 Å². The molecule has 0 bridgehead atoms. The molecular formula is C18H19Cl2FN2O. The molecule has 0 aliphatic carbocycles. The Balaban J connectivity index is 0.00000208. The maximum Gasteiger partial charge on any atom is 0.224 e. The number of carbonyl (C=O) groups excluding carboxylic acids is 1. The third-order valence-corrected chi connectivity index (χ3v) is 4.29. The number of fused-ring (bicyclic) bond motifs is 1. The molecule has 24 heavy (non-hydrogen) atoms. The molecule has 1 aliphatic rings. The number of rotatable bonds is 4. The van der Waals surface area contributed by atoms with Gasteiger partial charge in [-0.05, 0) is 54.3 Å². The van der Waals surface area contributed by atoms with Gasteiger partial charge in [-0.25, -0.2) is 4.39 Å². The first-order valence-corrected chi connectivity index (χ1v) is 8.06. The van der Waals surface area contributed by atoms with Crippen molar-refractivity contribution in [3.8, 4) is 0 Å². The highest BCUT2D eigenvalue weighted by atomic mass is 35.5. The largest absolute Gasteiger partial charge is 0.324 e. The SMILES string of the molecule is Cl.O=C(CCc1ccc(Cl)cc1)Nc1ccc2c(c1F)CCNC2. The normalized spacial score (nSPS) is 12.9. The van der Waals surface area contributed by atoms with Gasteiger partial charge in [0, 0.05) is 18.0 Å². The van der Waals surface area contributed by atoms with Crippen molar-refractivity contribution in [2.24, 2.45) is 0 Å². The van der Waals surface area contributed by atoms with Gasteiger partial charge in [-0.2, -0.15) is 0 Å². The van der Waals surface area contributed by atoms with Gasteiger partial charge in [-0.1, -0.05) is 29.8 Å². The van der Waals surface area contributed by atoms with Gasteiger partial charge in [0.15, 0.2) is 0 Å². The predicted molar refractivity (Wildman–Crippen MR) is 97.5 cm³/mol. The fourth-order valence-corrected chi connectivity index (χ4v) is 2.88. The molecule has 0 saturated heterocycles. The number of amides is 1. The van der Waals surface area contributed by atoms with Gasteiger partial charge in [-0.15, -0.1) is 12.4 Å². The summed E-state index contributed by atoms with van der Waals surface area (Å²) in [7, 11) is 0. The Morgan fingerprint density at radius 1 is 1.21 bits per heavy atom. The molecule has 2 N–H and O–H groups in total. The summed E-state index contributed by atoms with van der Waals surface area (Å²) in [5.41, 5.74) is 2.97. The summed E-state index contributed by atoms with van der Waals surface area (Å²) in [5.74, 6) is -0.489. The Morgan fingerprint density at radius 2 is 1.96 bits per heavy atom. The van der Waals surface area contributed by atoms with Crippen molar-refractivity contribution in [1.82, 2.24) is 5.32 Å². The number of hydrogen-bond acceptors (Lipinski definition) is 2. The quantitative estimate of drug-likeness (QED) is 0.851. The van der Waals surface area contributed by atoms with Crippen molar-refractivity contribution in [3.63, 3.8) is 0 Å². The number of carbonyl (C=O) groups is 1. The lowest BCUT2D eigenvalue weighted by Crippen LogP contribution is -2.25. The second kappa shape index (κ2) is 8.47. The van der Waals surface area contributed by atoms with E-state index in [1.54, 1.807) is 18.2 Å². The van der Waals surface area contributed by atoms with Crippen molar-refractivity contribution in [1.29, 1.82) is 0 Å². The molecule has 1 heterocycles. The van der Waals surface area contributed by atoms with E-state index in [-0.39, 0.29) is 29.8 Å². The molecule has 0 unspecified atom stereocenters. The molecule has 0 fully saturated rings. The van der Waals surface area contributed by atoms with Gasteiger partial charge in [0.05, 0.1) is 5.69 Å². The summed E-state index contributed by atoms with van der Waals surface area (Å²) >= 11 is 5.83. The van der Waals surface area contributed by atoms with Crippen LogP contribution in [0.1, 0.15) is 23.1 Å². The van der Waals surface area contributed by atoms with E-state index in [0.29, 0.717) is 36.4 Å². The average molecular weight is 369 g/mol. The zero-order valence-electron chi connectivity index (χ0n) is 13.1. The highest BCUT2D eigenvalue weighted by Crippen LogP contribution is 2.24. The summed E-state index contributed by atoms with van der Waals surface area (Å²) in [6.07, 6.45) is 1.55. The third-order valence-electron chi connectivity index (χ3n) is 4.04. The first-order valence-electron chi connectivity index (χ1n) is 7.69. The van der Waals surface area contributed by atoms with E-state index in [2.05, 4.69) is 10.6 Å². The van der Waals surface area contributed by atoms with E-state index in [1.165, 1.54) is 0 Å². The highest BCUT2D eigenvalue weighted by molar-refractivity contribution is 6.30. The first-order chi connectivity index (χ1) is 11.1. The van der Waals surface area contributed by atoms with Crippen molar-refractivity contribution in [3.05, 3.63) is 63.9 Å². The minimum Gasteiger partial charge on any atom is -0.324 e. The fraction of sp³-hybridized carbons (Fsp3) is 0.278. The summed E-state index contributed by atoms with van der Waals surface area (Å²) in [6.45, 7) is 1.44. The number of halogens is 3. The van der Waals surface area contributed by atoms with Gasteiger partial charge in [-0.3, -0.25) is 4.79 Å². The molecule has 0 saturated carbocycles. The molecule has 0 radical (unpaired) electrons. The number of anilines is 1. The van der Waals surface area contributed by atoms with E-state index in [4.69, 9.17) is 11.6 Å². The van der Waals surface area contributed by atoms with Gasteiger partial charge in [0.25, 0.3) is 0 Å². The highest BCUT2D eigenvalue weighted by Gasteiger charge is 2.17. The molecule has 1 amide bonds. The predicted octanol–water partition coefficient (Wildman–Crippen LogP) is 4.12. The van der Waals surface area contributed by atoms with Crippen molar-refractivity contribution < 1.29 is 9.18 Å². The minimum absolute atomic E-state index is 0. The van der Waals surface area contributed by atoms with Crippen LogP contribution in [0.15, 0.2) is 36.4 Å². The molecule has 0 atom stereocenters. The van der Waals surface area contributed by atoms with Crippen LogP contribution in [0.3, 0.4) is 0 Å². The van der Waals surface area contributed by atoms with Crippen LogP contribution >= 0.6 is 24.0 Å². The van der Waals surface area contributed by atoms with Crippen molar-refractivity contribution >= 4 is 35.6 Å². The van der Waals surface area contributed by atoms with Crippen LogP contribution < -0.4 is 10.6 Å². The molecule has 0 aromatic heterocycles. The monoisotopic (exact) mass is 368 g/mol. The standard InChI is InChI=1S/C18H18ClFN2O.ClH/c19-14-5-1-12(2-6-14)3-8-17(23)22-16-7-4-13-11-21-10-9-15(13)18(16)20;/h1-2,4-7,21H,3,8-11H2,(H,22,23);1H. The summed E-state index contributed by atoms with van der Waals surface area (Å²) < 4.78 is 14.5.